The average molecular weight is 320 g/mol. The summed E-state index contributed by atoms with van der Waals surface area (Å²) in [5, 5.41) is 10.1. The average Bonchev–Trinajstić information content (AvgIpc) is 2.97. The lowest BCUT2D eigenvalue weighted by Crippen LogP contribution is -2.22. The van der Waals surface area contributed by atoms with Gasteiger partial charge in [-0.3, -0.25) is 9.89 Å². The number of nitrogens with zero attached hydrogens (tertiary/aromatic N) is 2. The highest BCUT2D eigenvalue weighted by molar-refractivity contribution is 8.00. The standard InChI is InChI=1S/C15H20N4O2S/c1-4-13-17-15(19-18-13)22-10(3)14(20)16-11-8-6-7-9-12(11)21-5-2/h6-10H,4-5H2,1-3H3,(H,16,20)(H,17,18,19)/t10-/m0/s1. The van der Waals surface area contributed by atoms with Crippen molar-refractivity contribution < 1.29 is 9.53 Å². The minimum atomic E-state index is -0.310. The molecule has 0 bridgehead atoms. The second kappa shape index (κ2) is 7.84. The summed E-state index contributed by atoms with van der Waals surface area (Å²) in [4.78, 5) is 16.6. The van der Waals surface area contributed by atoms with Gasteiger partial charge in [0, 0.05) is 6.42 Å². The molecule has 0 saturated carbocycles. The Morgan fingerprint density at radius 1 is 1.41 bits per heavy atom. The van der Waals surface area contributed by atoms with Gasteiger partial charge in [0.05, 0.1) is 17.5 Å². The summed E-state index contributed by atoms with van der Waals surface area (Å²) in [6, 6.07) is 7.39. The maximum Gasteiger partial charge on any atom is 0.237 e. The van der Waals surface area contributed by atoms with E-state index in [0.717, 1.165) is 12.2 Å². The number of H-pyrrole nitrogens is 1. The second-order valence-corrected chi connectivity index (χ2v) is 5.90. The number of aromatic amines is 1. The lowest BCUT2D eigenvalue weighted by Gasteiger charge is -2.13. The molecule has 1 atom stereocenters. The molecule has 0 aliphatic rings. The Kier molecular flexibility index (Phi) is 5.83. The third-order valence-electron chi connectivity index (χ3n) is 2.94. The van der Waals surface area contributed by atoms with Gasteiger partial charge in [-0.25, -0.2) is 4.98 Å². The van der Waals surface area contributed by atoms with E-state index in [1.54, 1.807) is 0 Å². The number of carbonyl (C=O) groups excluding carboxylic acids is 1. The van der Waals surface area contributed by atoms with E-state index in [4.69, 9.17) is 4.74 Å². The van der Waals surface area contributed by atoms with Crippen LogP contribution in [-0.2, 0) is 11.2 Å². The largest absolute Gasteiger partial charge is 0.492 e. The second-order valence-electron chi connectivity index (χ2n) is 4.60. The molecule has 2 N–H and O–H groups in total. The van der Waals surface area contributed by atoms with Crippen molar-refractivity contribution in [3.05, 3.63) is 30.1 Å². The number of hydrogen-bond acceptors (Lipinski definition) is 5. The molecule has 0 unspecified atom stereocenters. The monoisotopic (exact) mass is 320 g/mol. The number of thioether (sulfide) groups is 1. The molecule has 2 rings (SSSR count). The van der Waals surface area contributed by atoms with Gasteiger partial charge in [-0.05, 0) is 26.0 Å². The predicted molar refractivity (Wildman–Crippen MR) is 87.3 cm³/mol. The Hall–Kier alpha value is -2.02. The third-order valence-corrected chi connectivity index (χ3v) is 3.90. The van der Waals surface area contributed by atoms with Crippen molar-refractivity contribution in [2.45, 2.75) is 37.6 Å². The number of carbonyl (C=O) groups is 1. The van der Waals surface area contributed by atoms with E-state index in [2.05, 4.69) is 20.5 Å². The van der Waals surface area contributed by atoms with Crippen LogP contribution in [0.4, 0.5) is 5.69 Å². The lowest BCUT2D eigenvalue weighted by atomic mass is 10.3. The van der Waals surface area contributed by atoms with E-state index in [9.17, 15) is 4.79 Å². The lowest BCUT2D eigenvalue weighted by molar-refractivity contribution is -0.115. The maximum atomic E-state index is 12.3. The number of ether oxygens (including phenoxy) is 1. The van der Waals surface area contributed by atoms with Crippen LogP contribution in [0.3, 0.4) is 0 Å². The maximum absolute atomic E-state index is 12.3. The quantitative estimate of drug-likeness (QED) is 0.767. The predicted octanol–water partition coefficient (Wildman–Crippen LogP) is 2.89. The SMILES string of the molecule is CCOc1ccccc1NC(=O)[C@H](C)Sc1n[nH]c(CC)n1. The van der Waals surface area contributed by atoms with Gasteiger partial charge in [-0.15, -0.1) is 5.10 Å². The molecule has 7 heteroatoms. The zero-order valence-corrected chi connectivity index (χ0v) is 13.7. The molecule has 2 aromatic rings. The first-order valence-electron chi connectivity index (χ1n) is 7.24. The summed E-state index contributed by atoms with van der Waals surface area (Å²) in [6.07, 6.45) is 0.788. The zero-order chi connectivity index (χ0) is 15.9. The summed E-state index contributed by atoms with van der Waals surface area (Å²) in [5.41, 5.74) is 0.672. The van der Waals surface area contributed by atoms with Crippen LogP contribution in [0.2, 0.25) is 0 Å². The van der Waals surface area contributed by atoms with Crippen molar-refractivity contribution in [1.29, 1.82) is 0 Å². The minimum Gasteiger partial charge on any atom is -0.492 e. The number of anilines is 1. The number of nitrogens with one attached hydrogen (secondary N) is 2. The molecule has 1 aromatic heterocycles. The third kappa shape index (κ3) is 4.24. The van der Waals surface area contributed by atoms with Crippen molar-refractivity contribution >= 4 is 23.4 Å². The van der Waals surface area contributed by atoms with Crippen LogP contribution in [0.25, 0.3) is 0 Å². The Labute approximate surface area is 134 Å². The fourth-order valence-corrected chi connectivity index (χ4v) is 2.53. The molecule has 1 heterocycles. The van der Waals surface area contributed by atoms with Crippen LogP contribution in [0, 0.1) is 0 Å². The zero-order valence-electron chi connectivity index (χ0n) is 12.9. The van der Waals surface area contributed by atoms with Gasteiger partial charge in [0.1, 0.15) is 11.6 Å². The number of aromatic nitrogens is 3. The molecular weight excluding hydrogens is 300 g/mol. The summed E-state index contributed by atoms with van der Waals surface area (Å²) in [5.74, 6) is 1.37. The van der Waals surface area contributed by atoms with E-state index in [0.29, 0.717) is 23.2 Å². The van der Waals surface area contributed by atoms with Gasteiger partial charge in [-0.1, -0.05) is 30.8 Å². The Bertz CT molecular complexity index is 630. The summed E-state index contributed by atoms with van der Waals surface area (Å²) >= 11 is 1.32. The Morgan fingerprint density at radius 3 is 2.86 bits per heavy atom. The molecule has 0 fully saturated rings. The fraction of sp³-hybridized carbons (Fsp3) is 0.400. The molecule has 0 aliphatic heterocycles. The minimum absolute atomic E-state index is 0.111. The van der Waals surface area contributed by atoms with Crippen LogP contribution in [0.1, 0.15) is 26.6 Å². The number of aryl methyl sites for hydroxylation is 1. The topological polar surface area (TPSA) is 79.9 Å². The molecule has 0 saturated heterocycles. The van der Waals surface area contributed by atoms with E-state index in [1.165, 1.54) is 11.8 Å². The van der Waals surface area contributed by atoms with Gasteiger partial charge in [0.15, 0.2) is 0 Å². The molecule has 118 valence electrons. The van der Waals surface area contributed by atoms with Gasteiger partial charge < -0.3 is 10.1 Å². The first-order valence-corrected chi connectivity index (χ1v) is 8.12. The summed E-state index contributed by atoms with van der Waals surface area (Å²) < 4.78 is 5.50. The first-order chi connectivity index (χ1) is 10.6. The summed E-state index contributed by atoms with van der Waals surface area (Å²) in [6.45, 7) is 6.28. The molecule has 1 amide bonds. The van der Waals surface area contributed by atoms with Gasteiger partial charge in [-0.2, -0.15) is 0 Å². The van der Waals surface area contributed by atoms with Crippen LogP contribution in [0.5, 0.6) is 5.75 Å². The van der Waals surface area contributed by atoms with Gasteiger partial charge >= 0.3 is 0 Å². The highest BCUT2D eigenvalue weighted by atomic mass is 32.2. The Morgan fingerprint density at radius 2 is 2.18 bits per heavy atom. The van der Waals surface area contributed by atoms with Crippen molar-refractivity contribution in [3.63, 3.8) is 0 Å². The van der Waals surface area contributed by atoms with Gasteiger partial charge in [0.25, 0.3) is 0 Å². The van der Waals surface area contributed by atoms with Gasteiger partial charge in [0.2, 0.25) is 11.1 Å². The number of hydrogen-bond donors (Lipinski definition) is 2. The number of benzene rings is 1. The van der Waals surface area contributed by atoms with E-state index >= 15 is 0 Å². The highest BCUT2D eigenvalue weighted by Gasteiger charge is 2.18. The summed E-state index contributed by atoms with van der Waals surface area (Å²) in [7, 11) is 0. The first kappa shape index (κ1) is 16.4. The number of para-hydroxylation sites is 2. The molecule has 0 aliphatic carbocycles. The van der Waals surface area contributed by atoms with Crippen molar-refractivity contribution in [2.24, 2.45) is 0 Å². The smallest absolute Gasteiger partial charge is 0.237 e. The molecule has 22 heavy (non-hydrogen) atoms. The van der Waals surface area contributed by atoms with Crippen LogP contribution in [0.15, 0.2) is 29.4 Å². The normalized spacial score (nSPS) is 12.0. The van der Waals surface area contributed by atoms with Crippen molar-refractivity contribution in [3.8, 4) is 5.75 Å². The molecule has 1 aromatic carbocycles. The van der Waals surface area contributed by atoms with Crippen molar-refractivity contribution in [1.82, 2.24) is 15.2 Å². The van der Waals surface area contributed by atoms with Crippen LogP contribution < -0.4 is 10.1 Å². The van der Waals surface area contributed by atoms with E-state index in [1.807, 2.05) is 45.0 Å². The van der Waals surface area contributed by atoms with E-state index < -0.39 is 0 Å². The molecule has 6 nitrogen and oxygen atoms in total. The van der Waals surface area contributed by atoms with Crippen molar-refractivity contribution in [2.75, 3.05) is 11.9 Å². The number of rotatable bonds is 7. The Balaban J connectivity index is 1.99. The fourth-order valence-electron chi connectivity index (χ4n) is 1.79. The highest BCUT2D eigenvalue weighted by Crippen LogP contribution is 2.26. The van der Waals surface area contributed by atoms with E-state index in [-0.39, 0.29) is 11.2 Å². The number of amides is 1. The molecule has 0 radical (unpaired) electrons. The van der Waals surface area contributed by atoms with Crippen LogP contribution >= 0.6 is 11.8 Å². The molecule has 0 spiro atoms. The molecular formula is C15H20N4O2S. The van der Waals surface area contributed by atoms with Crippen LogP contribution in [-0.4, -0.2) is 32.9 Å².